The highest BCUT2D eigenvalue weighted by atomic mass is 32.2. The lowest BCUT2D eigenvalue weighted by Gasteiger charge is -2.17. The van der Waals surface area contributed by atoms with Crippen molar-refractivity contribution in [1.82, 2.24) is 15.0 Å². The van der Waals surface area contributed by atoms with Crippen molar-refractivity contribution < 1.29 is 66.0 Å². The molecule has 0 saturated carbocycles. The molecule has 82 heavy (non-hydrogen) atoms. The first-order valence-electron chi connectivity index (χ1n) is 23.3. The van der Waals surface area contributed by atoms with Crippen LogP contribution in [0.1, 0.15) is 0 Å². The van der Waals surface area contributed by atoms with Crippen LogP contribution in [0.3, 0.4) is 0 Å². The van der Waals surface area contributed by atoms with E-state index in [1.54, 1.807) is 78.9 Å². The average Bonchev–Trinajstić information content (AvgIpc) is 3.48. The summed E-state index contributed by atoms with van der Waals surface area (Å²) in [7, 11) is -23.8. The first kappa shape index (κ1) is 56.0. The summed E-state index contributed by atoms with van der Waals surface area (Å²) in [6.45, 7) is 0. The van der Waals surface area contributed by atoms with E-state index in [1.165, 1.54) is 30.3 Å². The lowest BCUT2D eigenvalue weighted by Crippen LogP contribution is -2.10. The highest BCUT2D eigenvalue weighted by molar-refractivity contribution is 7.92. The smallest absolute Gasteiger partial charge is 0.296 e. The summed E-state index contributed by atoms with van der Waals surface area (Å²) in [6.07, 6.45) is 1.71. The number of benzene rings is 9. The number of aromatic nitrogens is 3. The zero-order chi connectivity index (χ0) is 58.7. The van der Waals surface area contributed by atoms with E-state index in [2.05, 4.69) is 56.1 Å². The van der Waals surface area contributed by atoms with Crippen LogP contribution >= 0.6 is 0 Å². The second-order valence-corrected chi connectivity index (χ2v) is 26.0. The van der Waals surface area contributed by atoms with Crippen molar-refractivity contribution in [3.8, 4) is 11.5 Å². The van der Waals surface area contributed by atoms with Gasteiger partial charge in [-0.15, -0.1) is 20.5 Å². The van der Waals surface area contributed by atoms with E-state index in [0.29, 0.717) is 16.2 Å². The minimum absolute atomic E-state index is 0.0609. The Labute approximate surface area is 465 Å². The van der Waals surface area contributed by atoms with Crippen molar-refractivity contribution in [2.75, 3.05) is 33.2 Å². The Morgan fingerprint density at radius 2 is 0.829 bits per heavy atom. The van der Waals surface area contributed by atoms with E-state index >= 15 is 0 Å². The van der Waals surface area contributed by atoms with Crippen LogP contribution in [0.5, 0.6) is 11.5 Å². The van der Waals surface area contributed by atoms with Crippen molar-refractivity contribution >= 4 is 157 Å². The molecule has 0 atom stereocenters. The number of sulfonamides is 1. The summed E-state index contributed by atoms with van der Waals surface area (Å²) >= 11 is 0. The van der Waals surface area contributed by atoms with Crippen molar-refractivity contribution in [1.29, 1.82) is 0 Å². The van der Waals surface area contributed by atoms with Crippen molar-refractivity contribution in [2.24, 2.45) is 20.5 Å². The number of fused-ring (bicyclic) bond motifs is 4. The molecule has 0 aliphatic carbocycles. The van der Waals surface area contributed by atoms with Crippen LogP contribution in [0.4, 0.5) is 63.3 Å². The first-order chi connectivity index (χ1) is 38.6. The molecular formula is C51H39N11O15S5. The minimum atomic E-state index is -5.31. The zero-order valence-electron chi connectivity index (χ0n) is 41.8. The van der Waals surface area contributed by atoms with Gasteiger partial charge in [0.1, 0.15) is 16.3 Å². The summed E-state index contributed by atoms with van der Waals surface area (Å²) in [6, 6.07) is 34.6. The van der Waals surface area contributed by atoms with Gasteiger partial charge in [-0.05, 0) is 88.3 Å². The molecule has 9 aromatic carbocycles. The molecule has 0 bridgehead atoms. The minimum Gasteiger partial charge on any atom is -0.505 e. The summed E-state index contributed by atoms with van der Waals surface area (Å²) in [5, 5.41) is 50.3. The quantitative estimate of drug-likeness (QED) is 0.0320. The molecule has 26 nitrogen and oxygen atoms in total. The highest BCUT2D eigenvalue weighted by Gasteiger charge is 2.28. The molecule has 10 rings (SSSR count). The molecule has 31 heteroatoms. The Morgan fingerprint density at radius 1 is 0.415 bits per heavy atom. The molecular weight excluding hydrogens is 1170 g/mol. The van der Waals surface area contributed by atoms with Gasteiger partial charge < -0.3 is 26.2 Å². The van der Waals surface area contributed by atoms with Gasteiger partial charge in [-0.25, -0.2) is 16.8 Å². The zero-order valence-corrected chi connectivity index (χ0v) is 45.9. The molecule has 0 saturated heterocycles. The normalized spacial score (nSPS) is 12.7. The van der Waals surface area contributed by atoms with E-state index < -0.39 is 133 Å². The molecule has 1 aromatic heterocycles. The standard InChI is InChI=1S/C51H39N11O15S5/c1-78(65,66)41-22-29-20-33(80(69,70)71)25-39(43(29)47(63)45(41)60-58-37-18-7-12-27-10-3-5-16-35(27)37)53-50-55-49(52-31-14-9-15-32(24-31)62-79(2,67)68)56-51(57-50)54-40-26-34(81(72,73)74)21-30-23-42(82(75,76)77)46(48(64)44(30)40)61-59-38-19-8-13-28-11-4-6-17-36(28)38/h3-26,62-64H,1-2H3,(H,69,70,71)(H,72,73,74)(H,75,76,77)(H3,52,53,54,55,56,57)/b60-58+,61-59+. The summed E-state index contributed by atoms with van der Waals surface area (Å²) in [5.41, 5.74) is -1.75. The summed E-state index contributed by atoms with van der Waals surface area (Å²) in [4.78, 5) is 9.73. The van der Waals surface area contributed by atoms with Crippen molar-refractivity contribution in [3.63, 3.8) is 0 Å². The number of nitrogens with zero attached hydrogens (tertiary/aromatic N) is 7. The lowest BCUT2D eigenvalue weighted by atomic mass is 10.1. The van der Waals surface area contributed by atoms with Gasteiger partial charge in [0.15, 0.2) is 21.3 Å². The number of phenolic OH excluding ortho intramolecular Hbond substituents is 2. The third-order valence-electron chi connectivity index (χ3n) is 12.1. The number of aromatic hydroxyl groups is 2. The number of sulfone groups is 1. The van der Waals surface area contributed by atoms with Crippen molar-refractivity contribution in [3.05, 3.63) is 146 Å². The molecule has 0 fully saturated rings. The molecule has 418 valence electrons. The molecule has 0 amide bonds. The van der Waals surface area contributed by atoms with Crippen LogP contribution in [-0.2, 0) is 50.2 Å². The monoisotopic (exact) mass is 1210 g/mol. The second-order valence-electron chi connectivity index (χ2n) is 18.0. The lowest BCUT2D eigenvalue weighted by molar-refractivity contribution is 0.472. The second kappa shape index (κ2) is 21.0. The maximum atomic E-state index is 13.4. The third kappa shape index (κ3) is 11.9. The summed E-state index contributed by atoms with van der Waals surface area (Å²) < 4.78 is 162. The third-order valence-corrected chi connectivity index (χ3v) is 16.4. The number of anilines is 7. The molecule has 9 N–H and O–H groups in total. The number of hydrogen-bond donors (Lipinski definition) is 9. The topological polar surface area (TPSA) is 408 Å². The van der Waals surface area contributed by atoms with Gasteiger partial charge in [-0.2, -0.15) is 40.2 Å². The molecule has 0 aliphatic rings. The number of rotatable bonds is 16. The molecule has 10 aromatic rings. The maximum Gasteiger partial charge on any atom is 0.296 e. The predicted octanol–water partition coefficient (Wildman–Crippen LogP) is 10.5. The van der Waals surface area contributed by atoms with E-state index in [0.717, 1.165) is 54.3 Å². The van der Waals surface area contributed by atoms with Crippen molar-refractivity contribution in [2.45, 2.75) is 19.6 Å². The Hall–Kier alpha value is -9.34. The van der Waals surface area contributed by atoms with Crippen LogP contribution in [0.15, 0.2) is 186 Å². The fourth-order valence-corrected chi connectivity index (χ4v) is 11.8. The summed E-state index contributed by atoms with van der Waals surface area (Å²) in [5.74, 6) is -3.56. The van der Waals surface area contributed by atoms with E-state index in [-0.39, 0.29) is 33.5 Å². The molecule has 0 spiro atoms. The van der Waals surface area contributed by atoms with Crippen LogP contribution in [0.25, 0.3) is 43.1 Å². The average molecular weight is 1210 g/mol. The van der Waals surface area contributed by atoms with Crippen LogP contribution in [0, 0.1) is 0 Å². The Bertz CT molecular complexity index is 4730. The van der Waals surface area contributed by atoms with Crippen LogP contribution in [-0.4, -0.2) is 93.4 Å². The van der Waals surface area contributed by atoms with Gasteiger partial charge in [0, 0.05) is 33.5 Å². The predicted molar refractivity (Wildman–Crippen MR) is 305 cm³/mol. The van der Waals surface area contributed by atoms with Crippen LogP contribution in [0.2, 0.25) is 0 Å². The largest absolute Gasteiger partial charge is 0.505 e. The molecule has 0 radical (unpaired) electrons. The Balaban J connectivity index is 1.18. The van der Waals surface area contributed by atoms with E-state index in [9.17, 15) is 66.0 Å². The first-order valence-corrected chi connectivity index (χ1v) is 31.4. The number of azo groups is 2. The van der Waals surface area contributed by atoms with Gasteiger partial charge >= 0.3 is 0 Å². The van der Waals surface area contributed by atoms with Gasteiger partial charge in [0.25, 0.3) is 30.4 Å². The molecule has 0 aliphatic heterocycles. The molecule has 1 heterocycles. The highest BCUT2D eigenvalue weighted by Crippen LogP contribution is 2.48. The van der Waals surface area contributed by atoms with E-state index in [1.807, 2.05) is 0 Å². The van der Waals surface area contributed by atoms with Gasteiger partial charge in [0.2, 0.25) is 27.9 Å². The van der Waals surface area contributed by atoms with E-state index in [4.69, 9.17) is 0 Å². The fraction of sp³-hybridized carbons (Fsp3) is 0.0392. The number of nitrogens with one attached hydrogen (secondary N) is 4. The fourth-order valence-electron chi connectivity index (χ4n) is 8.67. The van der Waals surface area contributed by atoms with Crippen LogP contribution < -0.4 is 20.7 Å². The maximum absolute atomic E-state index is 13.4. The van der Waals surface area contributed by atoms with Gasteiger partial charge in [0.05, 0.1) is 49.4 Å². The SMILES string of the molecule is CS(=O)(=O)Nc1cccc(Nc2nc(Nc3cc(S(=O)(=O)O)cc4cc(S(C)(=O)=O)c(/N=N/c5cccc6ccccc56)c(O)c34)nc(Nc3cc(S(=O)(=O)O)cc4cc(S(=O)(=O)O)c(/N=N/c5cccc6ccccc56)c(O)c34)n2)c1. The number of hydrogen-bond acceptors (Lipinski definition) is 22. The Morgan fingerprint density at radius 3 is 1.28 bits per heavy atom. The van der Waals surface area contributed by atoms with Gasteiger partial charge in [-0.3, -0.25) is 18.4 Å². The number of phenols is 2. The van der Waals surface area contributed by atoms with Gasteiger partial charge in [-0.1, -0.05) is 78.9 Å². The Kier molecular flexibility index (Phi) is 14.3. The molecule has 0 unspecified atom stereocenters.